The number of carbonyl (C=O) groups is 1. The van der Waals surface area contributed by atoms with Gasteiger partial charge in [-0.3, -0.25) is 4.79 Å². The topological polar surface area (TPSA) is 125 Å². The second kappa shape index (κ2) is 9.18. The van der Waals surface area contributed by atoms with Crippen LogP contribution in [-0.2, 0) is 9.53 Å². The molecule has 5 atom stereocenters. The van der Waals surface area contributed by atoms with Crippen molar-refractivity contribution in [2.24, 2.45) is 5.73 Å². The summed E-state index contributed by atoms with van der Waals surface area (Å²) in [7, 11) is 0. The highest BCUT2D eigenvalue weighted by Gasteiger charge is 2.74. The summed E-state index contributed by atoms with van der Waals surface area (Å²) in [6.07, 6.45) is 4.28. The zero-order valence-corrected chi connectivity index (χ0v) is 19.1. The molecule has 6 N–H and O–H groups in total. The van der Waals surface area contributed by atoms with Crippen LogP contribution >= 0.6 is 11.8 Å². The molecule has 1 aliphatic heterocycles. The van der Waals surface area contributed by atoms with Crippen molar-refractivity contribution in [1.29, 1.82) is 0 Å². The molecule has 0 saturated carbocycles. The monoisotopic (exact) mass is 420 g/mol. The predicted octanol–water partition coefficient (Wildman–Crippen LogP) is 1.18. The molecule has 8 heteroatoms. The molecule has 1 rings (SSSR count). The van der Waals surface area contributed by atoms with E-state index in [9.17, 15) is 20.1 Å². The smallest absolute Gasteiger partial charge is 0.217 e. The first kappa shape index (κ1) is 25.7. The molecule has 0 aromatic rings. The minimum absolute atomic E-state index is 0.326. The average Bonchev–Trinajstić information content (AvgIpc) is 2.58. The zero-order chi connectivity index (χ0) is 21.9. The van der Waals surface area contributed by atoms with E-state index in [1.165, 1.54) is 20.8 Å². The van der Waals surface area contributed by atoms with Crippen molar-refractivity contribution in [1.82, 2.24) is 5.32 Å². The van der Waals surface area contributed by atoms with Crippen LogP contribution in [0.3, 0.4) is 0 Å². The maximum absolute atomic E-state index is 12.0. The van der Waals surface area contributed by atoms with E-state index in [1.807, 2.05) is 6.92 Å². The molecule has 1 aliphatic rings. The molecule has 0 bridgehead atoms. The van der Waals surface area contributed by atoms with Crippen molar-refractivity contribution in [3.05, 3.63) is 0 Å². The lowest BCUT2D eigenvalue weighted by atomic mass is 9.57. The number of unbranched alkanes of at least 4 members (excludes halogenated alkanes) is 3. The summed E-state index contributed by atoms with van der Waals surface area (Å²) in [5.41, 5.74) is -1.76. The molecule has 5 unspecified atom stereocenters. The Hall–Kier alpha value is -0.380. The Balaban J connectivity index is 3.11. The number of nitrogens with one attached hydrogen (secondary N) is 1. The minimum atomic E-state index is -1.81. The fourth-order valence-corrected chi connectivity index (χ4v) is 5.44. The third-order valence-electron chi connectivity index (χ3n) is 6.81. The second-order valence-electron chi connectivity index (χ2n) is 8.93. The third kappa shape index (κ3) is 4.37. The SMILES string of the molecule is CC(=O)NC1(C)C(C)(CSCCCCCCN)OC(C)(CO)C(C)(O)C1(C)O. The maximum atomic E-state index is 12.0. The van der Waals surface area contributed by atoms with Crippen LogP contribution in [0.4, 0.5) is 0 Å². The Morgan fingerprint density at radius 3 is 2.07 bits per heavy atom. The molecule has 1 saturated heterocycles. The molecule has 0 aromatic heterocycles. The molecule has 166 valence electrons. The number of amides is 1. The number of hydrogen-bond acceptors (Lipinski definition) is 7. The van der Waals surface area contributed by atoms with E-state index in [2.05, 4.69) is 5.32 Å². The van der Waals surface area contributed by atoms with Gasteiger partial charge >= 0.3 is 0 Å². The van der Waals surface area contributed by atoms with E-state index in [1.54, 1.807) is 25.6 Å². The highest BCUT2D eigenvalue weighted by molar-refractivity contribution is 7.99. The Bertz CT molecular complexity index is 545. The van der Waals surface area contributed by atoms with Crippen LogP contribution in [0.25, 0.3) is 0 Å². The number of carbonyl (C=O) groups excluding carboxylic acids is 1. The summed E-state index contributed by atoms with van der Waals surface area (Å²) < 4.78 is 6.31. The number of aliphatic hydroxyl groups is 3. The van der Waals surface area contributed by atoms with Crippen LogP contribution in [-0.4, -0.2) is 73.8 Å². The zero-order valence-electron chi connectivity index (χ0n) is 18.3. The van der Waals surface area contributed by atoms with E-state index >= 15 is 0 Å². The average molecular weight is 421 g/mol. The van der Waals surface area contributed by atoms with E-state index < -0.39 is 34.6 Å². The molecule has 7 nitrogen and oxygen atoms in total. The molecule has 0 radical (unpaired) electrons. The number of aliphatic hydroxyl groups excluding tert-OH is 1. The van der Waals surface area contributed by atoms with Gasteiger partial charge in [-0.25, -0.2) is 0 Å². The standard InChI is InChI=1S/C20H40N2O5S/c1-15(24)22-18(4)17(3,14-28-12-10-8-7-9-11-21)27-16(2,13-23)19(5,25)20(18,6)26/h23,25-26H,7-14,21H2,1-6H3,(H,22,24). The normalized spacial score (nSPS) is 41.1. The summed E-state index contributed by atoms with van der Waals surface area (Å²) in [6.45, 7) is 9.66. The lowest BCUT2D eigenvalue weighted by molar-refractivity contribution is -0.362. The van der Waals surface area contributed by atoms with Crippen LogP contribution in [0.15, 0.2) is 0 Å². The highest BCUT2D eigenvalue weighted by Crippen LogP contribution is 2.54. The molecular weight excluding hydrogens is 380 g/mol. The van der Waals surface area contributed by atoms with Gasteiger partial charge in [-0.05, 0) is 59.8 Å². The fourth-order valence-electron chi connectivity index (χ4n) is 4.15. The van der Waals surface area contributed by atoms with Gasteiger partial charge in [0.2, 0.25) is 5.91 Å². The van der Waals surface area contributed by atoms with Crippen molar-refractivity contribution in [2.75, 3.05) is 24.7 Å². The van der Waals surface area contributed by atoms with E-state index in [0.29, 0.717) is 12.3 Å². The summed E-state index contributed by atoms with van der Waals surface area (Å²) in [6, 6.07) is 0. The number of ether oxygens (including phenoxy) is 1. The van der Waals surface area contributed by atoms with Gasteiger partial charge in [-0.1, -0.05) is 12.8 Å². The van der Waals surface area contributed by atoms with Crippen LogP contribution in [0.2, 0.25) is 0 Å². The summed E-state index contributed by atoms with van der Waals surface area (Å²) in [4.78, 5) is 12.0. The second-order valence-corrected chi connectivity index (χ2v) is 10.0. The highest BCUT2D eigenvalue weighted by atomic mass is 32.2. The summed E-state index contributed by atoms with van der Waals surface area (Å²) >= 11 is 1.68. The van der Waals surface area contributed by atoms with Crippen molar-refractivity contribution >= 4 is 17.7 Å². The lowest BCUT2D eigenvalue weighted by Crippen LogP contribution is -2.88. The Labute approximate surface area is 173 Å². The molecule has 28 heavy (non-hydrogen) atoms. The van der Waals surface area contributed by atoms with Crippen molar-refractivity contribution < 1.29 is 24.9 Å². The first-order valence-corrected chi connectivity index (χ1v) is 11.2. The predicted molar refractivity (Wildman–Crippen MR) is 113 cm³/mol. The number of rotatable bonds is 10. The molecule has 0 aliphatic carbocycles. The first-order chi connectivity index (χ1) is 12.7. The molecule has 0 spiro atoms. The number of thioether (sulfide) groups is 1. The van der Waals surface area contributed by atoms with Gasteiger partial charge in [0.25, 0.3) is 0 Å². The quantitative estimate of drug-likeness (QED) is 0.336. The van der Waals surface area contributed by atoms with Gasteiger partial charge in [0.05, 0.1) is 12.1 Å². The fraction of sp³-hybridized carbons (Fsp3) is 0.950. The summed E-state index contributed by atoms with van der Waals surface area (Å²) in [5.74, 6) is 1.07. The van der Waals surface area contributed by atoms with Gasteiger partial charge in [-0.15, -0.1) is 0 Å². The van der Waals surface area contributed by atoms with Crippen LogP contribution in [0.1, 0.15) is 67.2 Å². The van der Waals surface area contributed by atoms with Gasteiger partial charge in [0.15, 0.2) is 0 Å². The van der Waals surface area contributed by atoms with Crippen LogP contribution < -0.4 is 11.1 Å². The maximum Gasteiger partial charge on any atom is 0.217 e. The lowest BCUT2D eigenvalue weighted by Gasteiger charge is -2.67. The molecule has 1 heterocycles. The van der Waals surface area contributed by atoms with Crippen LogP contribution in [0, 0.1) is 0 Å². The molecule has 1 amide bonds. The van der Waals surface area contributed by atoms with Crippen molar-refractivity contribution in [2.45, 2.75) is 95.2 Å². The van der Waals surface area contributed by atoms with E-state index in [4.69, 9.17) is 10.5 Å². The molecule has 1 fully saturated rings. The minimum Gasteiger partial charge on any atom is -0.393 e. The summed E-state index contributed by atoms with van der Waals surface area (Å²) in [5, 5.41) is 35.5. The van der Waals surface area contributed by atoms with E-state index in [0.717, 1.165) is 31.4 Å². The van der Waals surface area contributed by atoms with Crippen molar-refractivity contribution in [3.63, 3.8) is 0 Å². The van der Waals surface area contributed by atoms with Gasteiger partial charge in [0.1, 0.15) is 22.4 Å². The van der Waals surface area contributed by atoms with Gasteiger partial charge in [-0.2, -0.15) is 11.8 Å². The number of hydrogen-bond donors (Lipinski definition) is 5. The first-order valence-electron chi connectivity index (χ1n) is 10.1. The Kier molecular flexibility index (Phi) is 8.41. The molecular formula is C20H40N2O5S. The largest absolute Gasteiger partial charge is 0.393 e. The molecule has 0 aromatic carbocycles. The number of nitrogens with two attached hydrogens (primary N) is 1. The van der Waals surface area contributed by atoms with Gasteiger partial charge in [0, 0.05) is 12.7 Å². The third-order valence-corrected chi connectivity index (χ3v) is 8.14. The Morgan fingerprint density at radius 2 is 1.57 bits per heavy atom. The Morgan fingerprint density at radius 1 is 1.00 bits per heavy atom. The van der Waals surface area contributed by atoms with E-state index in [-0.39, 0.29) is 5.91 Å². The van der Waals surface area contributed by atoms with Crippen molar-refractivity contribution in [3.8, 4) is 0 Å². The van der Waals surface area contributed by atoms with Gasteiger partial charge < -0.3 is 31.1 Å². The van der Waals surface area contributed by atoms with Crippen LogP contribution in [0.5, 0.6) is 0 Å².